The zero-order valence-electron chi connectivity index (χ0n) is 18.9. The van der Waals surface area contributed by atoms with Crippen molar-refractivity contribution in [3.8, 4) is 17.2 Å². The van der Waals surface area contributed by atoms with E-state index in [-0.39, 0.29) is 36.1 Å². The molecule has 0 aromatic heterocycles. The first-order valence-corrected chi connectivity index (χ1v) is 10.9. The average molecular weight is 436 g/mol. The molecule has 1 aliphatic heterocycles. The molecule has 6 nitrogen and oxygen atoms in total. The SMILES string of the molecule is COc1ccc([C@H]2CC(=O)NC3=C2C(=O)C[C@@H](c2ccc(OC(C)C)cc2)C3)cc1OC. The van der Waals surface area contributed by atoms with Gasteiger partial charge in [0.25, 0.3) is 0 Å². The second kappa shape index (κ2) is 9.07. The Morgan fingerprint density at radius 2 is 1.56 bits per heavy atom. The van der Waals surface area contributed by atoms with Crippen LogP contribution in [0, 0.1) is 0 Å². The van der Waals surface area contributed by atoms with Gasteiger partial charge in [-0.15, -0.1) is 0 Å². The standard InChI is InChI=1S/C26H29NO5/c1-15(2)32-19-8-5-16(6-9-19)18-11-21-26(22(28)12-18)20(14-25(29)27-21)17-7-10-23(30-3)24(13-17)31-4/h5-10,13,15,18,20H,11-12,14H2,1-4H3,(H,27,29)/t18-,20+/m0/s1. The van der Waals surface area contributed by atoms with Crippen LogP contribution in [0.5, 0.6) is 17.2 Å². The van der Waals surface area contributed by atoms with E-state index in [0.717, 1.165) is 22.6 Å². The summed E-state index contributed by atoms with van der Waals surface area (Å²) in [6.07, 6.45) is 1.39. The lowest BCUT2D eigenvalue weighted by Gasteiger charge is -2.34. The van der Waals surface area contributed by atoms with Gasteiger partial charge in [0.2, 0.25) is 5.91 Å². The number of methoxy groups -OCH3 is 2. The lowest BCUT2D eigenvalue weighted by atomic mass is 9.73. The number of ether oxygens (including phenoxy) is 3. The van der Waals surface area contributed by atoms with E-state index in [1.165, 1.54) is 0 Å². The van der Waals surface area contributed by atoms with Gasteiger partial charge in [0, 0.05) is 30.0 Å². The van der Waals surface area contributed by atoms with E-state index in [4.69, 9.17) is 14.2 Å². The predicted molar refractivity (Wildman–Crippen MR) is 121 cm³/mol. The maximum Gasteiger partial charge on any atom is 0.225 e. The normalized spacial score (nSPS) is 20.7. The number of carbonyl (C=O) groups excluding carboxylic acids is 2. The predicted octanol–water partition coefficient (Wildman–Crippen LogP) is 4.50. The van der Waals surface area contributed by atoms with Crippen LogP contribution in [0.1, 0.15) is 56.1 Å². The van der Waals surface area contributed by atoms with Gasteiger partial charge < -0.3 is 19.5 Å². The summed E-state index contributed by atoms with van der Waals surface area (Å²) in [5.74, 6) is 1.77. The summed E-state index contributed by atoms with van der Waals surface area (Å²) in [4.78, 5) is 25.9. The number of ketones is 1. The Morgan fingerprint density at radius 1 is 0.875 bits per heavy atom. The molecule has 2 aliphatic rings. The third-order valence-corrected chi connectivity index (χ3v) is 6.07. The summed E-state index contributed by atoms with van der Waals surface area (Å²) in [5, 5.41) is 2.98. The van der Waals surface area contributed by atoms with E-state index >= 15 is 0 Å². The van der Waals surface area contributed by atoms with E-state index in [9.17, 15) is 9.59 Å². The van der Waals surface area contributed by atoms with E-state index in [2.05, 4.69) is 5.32 Å². The smallest absolute Gasteiger partial charge is 0.225 e. The summed E-state index contributed by atoms with van der Waals surface area (Å²) >= 11 is 0. The molecule has 2 aromatic carbocycles. The van der Waals surface area contributed by atoms with Crippen molar-refractivity contribution >= 4 is 11.7 Å². The summed E-state index contributed by atoms with van der Waals surface area (Å²) < 4.78 is 16.5. The van der Waals surface area contributed by atoms with Crippen LogP contribution >= 0.6 is 0 Å². The highest BCUT2D eigenvalue weighted by atomic mass is 16.5. The van der Waals surface area contributed by atoms with Crippen LogP contribution in [0.2, 0.25) is 0 Å². The highest BCUT2D eigenvalue weighted by Gasteiger charge is 2.38. The van der Waals surface area contributed by atoms with Gasteiger partial charge in [-0.3, -0.25) is 9.59 Å². The molecule has 1 amide bonds. The van der Waals surface area contributed by atoms with Crippen LogP contribution in [-0.2, 0) is 9.59 Å². The first-order chi connectivity index (χ1) is 15.4. The Bertz CT molecular complexity index is 1050. The van der Waals surface area contributed by atoms with Crippen molar-refractivity contribution in [3.63, 3.8) is 0 Å². The van der Waals surface area contributed by atoms with Crippen molar-refractivity contribution in [1.29, 1.82) is 0 Å². The van der Waals surface area contributed by atoms with Gasteiger partial charge in [0.05, 0.1) is 20.3 Å². The zero-order chi connectivity index (χ0) is 22.8. The first kappa shape index (κ1) is 21.9. The molecule has 2 atom stereocenters. The molecule has 1 N–H and O–H groups in total. The molecule has 1 aliphatic carbocycles. The van der Waals surface area contributed by atoms with Gasteiger partial charge in [-0.2, -0.15) is 0 Å². The number of hydrogen-bond acceptors (Lipinski definition) is 5. The molecule has 2 aromatic rings. The number of nitrogens with one attached hydrogen (secondary N) is 1. The van der Waals surface area contributed by atoms with Gasteiger partial charge in [-0.25, -0.2) is 0 Å². The van der Waals surface area contributed by atoms with Gasteiger partial charge in [-0.1, -0.05) is 18.2 Å². The lowest BCUT2D eigenvalue weighted by molar-refractivity contribution is -0.122. The highest BCUT2D eigenvalue weighted by molar-refractivity contribution is 6.02. The Balaban J connectivity index is 1.63. The number of rotatable bonds is 6. The summed E-state index contributed by atoms with van der Waals surface area (Å²) in [5.41, 5.74) is 3.41. The summed E-state index contributed by atoms with van der Waals surface area (Å²) in [6, 6.07) is 13.5. The second-order valence-electron chi connectivity index (χ2n) is 8.58. The minimum absolute atomic E-state index is 0.0267. The molecule has 0 bridgehead atoms. The van der Waals surface area contributed by atoms with E-state index in [0.29, 0.717) is 29.9 Å². The fourth-order valence-electron chi connectivity index (χ4n) is 4.64. The number of amides is 1. The van der Waals surface area contributed by atoms with Gasteiger partial charge in [0.15, 0.2) is 17.3 Å². The molecular formula is C26H29NO5. The van der Waals surface area contributed by atoms with Crippen molar-refractivity contribution < 1.29 is 23.8 Å². The van der Waals surface area contributed by atoms with Crippen molar-refractivity contribution in [2.45, 2.75) is 51.0 Å². The molecule has 0 unspecified atom stereocenters. The maximum atomic E-state index is 13.3. The first-order valence-electron chi connectivity index (χ1n) is 10.9. The van der Waals surface area contributed by atoms with Crippen molar-refractivity contribution in [1.82, 2.24) is 5.32 Å². The monoisotopic (exact) mass is 435 g/mol. The Morgan fingerprint density at radius 3 is 2.22 bits per heavy atom. The zero-order valence-corrected chi connectivity index (χ0v) is 18.9. The molecular weight excluding hydrogens is 406 g/mol. The second-order valence-corrected chi connectivity index (χ2v) is 8.58. The fourth-order valence-corrected chi connectivity index (χ4v) is 4.64. The van der Waals surface area contributed by atoms with Gasteiger partial charge in [-0.05, 0) is 61.6 Å². The average Bonchev–Trinajstić information content (AvgIpc) is 2.77. The molecule has 0 radical (unpaired) electrons. The van der Waals surface area contributed by atoms with Crippen LogP contribution in [0.15, 0.2) is 53.7 Å². The lowest BCUT2D eigenvalue weighted by Crippen LogP contribution is -2.38. The minimum Gasteiger partial charge on any atom is -0.493 e. The summed E-state index contributed by atoms with van der Waals surface area (Å²) in [6.45, 7) is 3.98. The molecule has 0 fully saturated rings. The Hall–Kier alpha value is -3.28. The molecule has 168 valence electrons. The van der Waals surface area contributed by atoms with Crippen molar-refractivity contribution in [2.75, 3.05) is 14.2 Å². The number of allylic oxidation sites excluding steroid dienone is 2. The van der Waals surface area contributed by atoms with E-state index in [1.54, 1.807) is 14.2 Å². The number of Topliss-reactive ketones (excluding diaryl/α,β-unsaturated/α-hetero) is 1. The maximum absolute atomic E-state index is 13.3. The van der Waals surface area contributed by atoms with Crippen LogP contribution in [0.4, 0.5) is 0 Å². The summed E-state index contributed by atoms with van der Waals surface area (Å²) in [7, 11) is 3.16. The van der Waals surface area contributed by atoms with Crippen molar-refractivity contribution in [3.05, 3.63) is 64.9 Å². The third-order valence-electron chi connectivity index (χ3n) is 6.07. The largest absolute Gasteiger partial charge is 0.493 e. The van der Waals surface area contributed by atoms with Crippen LogP contribution in [0.3, 0.4) is 0 Å². The number of benzene rings is 2. The number of carbonyl (C=O) groups is 2. The third kappa shape index (κ3) is 4.35. The molecule has 6 heteroatoms. The topological polar surface area (TPSA) is 73.9 Å². The van der Waals surface area contributed by atoms with Gasteiger partial charge >= 0.3 is 0 Å². The molecule has 1 heterocycles. The fraction of sp³-hybridized carbons (Fsp3) is 0.385. The highest BCUT2D eigenvalue weighted by Crippen LogP contribution is 2.44. The molecule has 0 saturated carbocycles. The van der Waals surface area contributed by atoms with Gasteiger partial charge in [0.1, 0.15) is 5.75 Å². The van der Waals surface area contributed by atoms with Crippen LogP contribution in [-0.4, -0.2) is 32.0 Å². The van der Waals surface area contributed by atoms with E-state index < -0.39 is 0 Å². The molecule has 4 rings (SSSR count). The van der Waals surface area contributed by atoms with Crippen LogP contribution in [0.25, 0.3) is 0 Å². The Kier molecular flexibility index (Phi) is 6.21. The minimum atomic E-state index is -0.283. The van der Waals surface area contributed by atoms with Crippen molar-refractivity contribution in [2.24, 2.45) is 0 Å². The van der Waals surface area contributed by atoms with Crippen LogP contribution < -0.4 is 19.5 Å². The molecule has 32 heavy (non-hydrogen) atoms. The molecule has 0 spiro atoms. The quantitative estimate of drug-likeness (QED) is 0.723. The molecule has 0 saturated heterocycles. The Labute approximate surface area is 188 Å². The van der Waals surface area contributed by atoms with E-state index in [1.807, 2.05) is 56.3 Å². The number of hydrogen-bond donors (Lipinski definition) is 1.